The number of aromatic nitrogens is 1. The first-order valence-electron chi connectivity index (χ1n) is 13.0. The lowest BCUT2D eigenvalue weighted by molar-refractivity contribution is -0.140. The van der Waals surface area contributed by atoms with Gasteiger partial charge in [0.25, 0.3) is 5.91 Å². The van der Waals surface area contributed by atoms with Gasteiger partial charge >= 0.3 is 0 Å². The summed E-state index contributed by atoms with van der Waals surface area (Å²) < 4.78 is 0. The van der Waals surface area contributed by atoms with E-state index in [4.69, 9.17) is 5.73 Å². The molecule has 2 aromatic carbocycles. The van der Waals surface area contributed by atoms with Gasteiger partial charge in [-0.1, -0.05) is 61.7 Å². The number of anilines is 1. The number of pyridine rings is 1. The van der Waals surface area contributed by atoms with Crippen LogP contribution in [0.25, 0.3) is 0 Å². The fourth-order valence-corrected chi connectivity index (χ4v) is 5.95. The van der Waals surface area contributed by atoms with E-state index in [0.717, 1.165) is 56.2 Å². The van der Waals surface area contributed by atoms with Gasteiger partial charge in [0, 0.05) is 30.2 Å². The second-order valence-electron chi connectivity index (χ2n) is 10.1. The number of hydrogen-bond acceptors (Lipinski definition) is 4. The number of benzene rings is 2. The highest BCUT2D eigenvalue weighted by Crippen LogP contribution is 2.43. The van der Waals surface area contributed by atoms with E-state index in [2.05, 4.69) is 27.3 Å². The van der Waals surface area contributed by atoms with E-state index < -0.39 is 5.41 Å². The standard InChI is InChI=1S/C30H34N4O2/c31-27(22-11-13-23(14-12-22)28(35)33-25-15-19-32-20-16-25)26-10-7-21-34(26)29(36)30(17-5-2-6-18-30)24-8-3-1-4-9-24/h1,3-4,8-9,11-16,19-20,26-27H,2,5-7,10,17-18,21,31H2,(H,32,33,35). The van der Waals surface area contributed by atoms with E-state index in [9.17, 15) is 9.59 Å². The van der Waals surface area contributed by atoms with E-state index in [1.54, 1.807) is 36.7 Å². The van der Waals surface area contributed by atoms with Gasteiger partial charge < -0.3 is 16.0 Å². The predicted octanol–water partition coefficient (Wildman–Crippen LogP) is 5.23. The van der Waals surface area contributed by atoms with Gasteiger partial charge in [-0.25, -0.2) is 0 Å². The fraction of sp³-hybridized carbons (Fsp3) is 0.367. The Balaban J connectivity index is 1.33. The summed E-state index contributed by atoms with van der Waals surface area (Å²) in [5.74, 6) is 0.0563. The minimum absolute atomic E-state index is 0.0449. The van der Waals surface area contributed by atoms with Crippen molar-refractivity contribution in [2.24, 2.45) is 5.73 Å². The summed E-state index contributed by atoms with van der Waals surface area (Å²) >= 11 is 0. The number of rotatable bonds is 6. The van der Waals surface area contributed by atoms with Crippen LogP contribution in [0, 0.1) is 0 Å². The molecule has 0 bridgehead atoms. The first kappa shape index (κ1) is 24.2. The second-order valence-corrected chi connectivity index (χ2v) is 10.1. The molecule has 3 aromatic rings. The van der Waals surface area contributed by atoms with Gasteiger partial charge in [-0.05, 0) is 61.1 Å². The maximum absolute atomic E-state index is 14.2. The van der Waals surface area contributed by atoms with Crippen molar-refractivity contribution in [3.8, 4) is 0 Å². The van der Waals surface area contributed by atoms with Crippen LogP contribution in [0.15, 0.2) is 79.1 Å². The number of hydrogen-bond donors (Lipinski definition) is 2. The summed E-state index contributed by atoms with van der Waals surface area (Å²) in [5, 5.41) is 2.88. The fourth-order valence-electron chi connectivity index (χ4n) is 5.95. The highest BCUT2D eigenvalue weighted by molar-refractivity contribution is 6.04. The molecular weight excluding hydrogens is 448 g/mol. The number of carbonyl (C=O) groups is 2. The molecule has 1 saturated heterocycles. The third kappa shape index (κ3) is 4.78. The topological polar surface area (TPSA) is 88.3 Å². The molecule has 6 heteroatoms. The molecule has 2 amide bonds. The highest BCUT2D eigenvalue weighted by atomic mass is 16.2. The number of amides is 2. The van der Waals surface area contributed by atoms with Crippen LogP contribution in [-0.2, 0) is 10.2 Å². The van der Waals surface area contributed by atoms with Gasteiger partial charge in [0.2, 0.25) is 5.91 Å². The smallest absolute Gasteiger partial charge is 0.255 e. The third-order valence-electron chi connectivity index (χ3n) is 7.91. The molecule has 2 atom stereocenters. The first-order valence-corrected chi connectivity index (χ1v) is 13.0. The summed E-state index contributed by atoms with van der Waals surface area (Å²) in [7, 11) is 0. The maximum Gasteiger partial charge on any atom is 0.255 e. The molecule has 1 aromatic heterocycles. The Morgan fingerprint density at radius 3 is 2.31 bits per heavy atom. The number of nitrogens with one attached hydrogen (secondary N) is 1. The molecule has 3 N–H and O–H groups in total. The largest absolute Gasteiger partial charge is 0.337 e. The Bertz CT molecular complexity index is 1170. The summed E-state index contributed by atoms with van der Waals surface area (Å²) in [6.07, 6.45) is 10.3. The zero-order chi connectivity index (χ0) is 25.0. The normalized spacial score (nSPS) is 20.0. The average molecular weight is 483 g/mol. The van der Waals surface area contributed by atoms with Crippen molar-refractivity contribution in [2.75, 3.05) is 11.9 Å². The van der Waals surface area contributed by atoms with Crippen molar-refractivity contribution in [1.82, 2.24) is 9.88 Å². The van der Waals surface area contributed by atoms with E-state index in [1.807, 2.05) is 30.3 Å². The molecule has 36 heavy (non-hydrogen) atoms. The van der Waals surface area contributed by atoms with Crippen LogP contribution >= 0.6 is 0 Å². The highest BCUT2D eigenvalue weighted by Gasteiger charge is 2.47. The van der Waals surface area contributed by atoms with Gasteiger partial charge in [-0.3, -0.25) is 14.6 Å². The Morgan fingerprint density at radius 2 is 1.61 bits per heavy atom. The predicted molar refractivity (Wildman–Crippen MR) is 142 cm³/mol. The Morgan fingerprint density at radius 1 is 0.917 bits per heavy atom. The first-order chi connectivity index (χ1) is 17.6. The van der Waals surface area contributed by atoms with Crippen LogP contribution in [-0.4, -0.2) is 34.3 Å². The maximum atomic E-state index is 14.2. The lowest BCUT2D eigenvalue weighted by Crippen LogP contribution is -2.52. The molecule has 2 aliphatic rings. The minimum atomic E-state index is -0.448. The molecule has 2 heterocycles. The number of nitrogens with two attached hydrogens (primary N) is 1. The Labute approximate surface area is 212 Å². The van der Waals surface area contributed by atoms with E-state index in [1.165, 1.54) is 6.42 Å². The molecule has 6 nitrogen and oxygen atoms in total. The Kier molecular flexibility index (Phi) is 7.14. The van der Waals surface area contributed by atoms with Crippen LogP contribution in [0.5, 0.6) is 0 Å². The summed E-state index contributed by atoms with van der Waals surface area (Å²) in [6.45, 7) is 0.748. The van der Waals surface area contributed by atoms with Crippen molar-refractivity contribution in [2.45, 2.75) is 62.4 Å². The summed E-state index contributed by atoms with van der Waals surface area (Å²) in [6, 6.07) is 20.9. The zero-order valence-corrected chi connectivity index (χ0v) is 20.6. The third-order valence-corrected chi connectivity index (χ3v) is 7.91. The van der Waals surface area contributed by atoms with Crippen LogP contribution in [0.3, 0.4) is 0 Å². The van der Waals surface area contributed by atoms with Gasteiger partial charge in [-0.15, -0.1) is 0 Å². The van der Waals surface area contributed by atoms with E-state index >= 15 is 0 Å². The number of likely N-dealkylation sites (tertiary alicyclic amines) is 1. The van der Waals surface area contributed by atoms with Gasteiger partial charge in [0.1, 0.15) is 0 Å². The molecule has 1 aliphatic carbocycles. The lowest BCUT2D eigenvalue weighted by Gasteiger charge is -2.42. The molecule has 0 radical (unpaired) electrons. The van der Waals surface area contributed by atoms with Crippen LogP contribution in [0.4, 0.5) is 5.69 Å². The average Bonchev–Trinajstić information content (AvgIpc) is 3.44. The Hall–Kier alpha value is -3.51. The molecular formula is C30H34N4O2. The molecule has 1 saturated carbocycles. The second kappa shape index (κ2) is 10.6. The van der Waals surface area contributed by atoms with Crippen molar-refractivity contribution < 1.29 is 9.59 Å². The van der Waals surface area contributed by atoms with Crippen molar-refractivity contribution in [1.29, 1.82) is 0 Å². The quantitative estimate of drug-likeness (QED) is 0.504. The lowest BCUT2D eigenvalue weighted by atomic mass is 9.68. The molecule has 2 fully saturated rings. The van der Waals surface area contributed by atoms with Crippen LogP contribution < -0.4 is 11.1 Å². The van der Waals surface area contributed by atoms with Crippen LogP contribution in [0.2, 0.25) is 0 Å². The van der Waals surface area contributed by atoms with Crippen LogP contribution in [0.1, 0.15) is 72.5 Å². The van der Waals surface area contributed by atoms with Gasteiger partial charge in [0.15, 0.2) is 0 Å². The molecule has 5 rings (SSSR count). The molecule has 0 spiro atoms. The summed E-state index contributed by atoms with van der Waals surface area (Å²) in [5.41, 5.74) is 9.68. The van der Waals surface area contributed by atoms with Gasteiger partial charge in [-0.2, -0.15) is 0 Å². The molecule has 1 aliphatic heterocycles. The van der Waals surface area contributed by atoms with E-state index in [-0.39, 0.29) is 23.9 Å². The molecule has 186 valence electrons. The zero-order valence-electron chi connectivity index (χ0n) is 20.6. The summed E-state index contributed by atoms with van der Waals surface area (Å²) in [4.78, 5) is 32.9. The van der Waals surface area contributed by atoms with Crippen molar-refractivity contribution >= 4 is 17.5 Å². The van der Waals surface area contributed by atoms with E-state index in [0.29, 0.717) is 11.3 Å². The minimum Gasteiger partial charge on any atom is -0.337 e. The van der Waals surface area contributed by atoms with Crippen molar-refractivity contribution in [3.05, 3.63) is 95.8 Å². The number of nitrogens with zero attached hydrogens (tertiary/aromatic N) is 2. The molecule has 2 unspecified atom stereocenters. The monoisotopic (exact) mass is 482 g/mol. The van der Waals surface area contributed by atoms with Gasteiger partial charge in [0.05, 0.1) is 17.5 Å². The number of carbonyl (C=O) groups excluding carboxylic acids is 2. The van der Waals surface area contributed by atoms with Crippen molar-refractivity contribution in [3.63, 3.8) is 0 Å². The SMILES string of the molecule is NC(c1ccc(C(=O)Nc2ccncc2)cc1)C1CCCN1C(=O)C1(c2ccccc2)CCCCC1.